The summed E-state index contributed by atoms with van der Waals surface area (Å²) in [6, 6.07) is 3.01. The van der Waals surface area contributed by atoms with Crippen LogP contribution in [0.4, 0.5) is 27.6 Å². The number of hydrogen-bond acceptors (Lipinski definition) is 5. The summed E-state index contributed by atoms with van der Waals surface area (Å²) in [6.45, 7) is 2.98. The van der Waals surface area contributed by atoms with Crippen LogP contribution in [0.15, 0.2) is 33.7 Å². The molecule has 0 fully saturated rings. The molecule has 2 heterocycles. The van der Waals surface area contributed by atoms with Gasteiger partial charge in [-0.15, -0.1) is 11.3 Å². The lowest BCUT2D eigenvalue weighted by molar-refractivity contribution is -0.155. The van der Waals surface area contributed by atoms with Crippen LogP contribution in [0.5, 0.6) is 0 Å². The van der Waals surface area contributed by atoms with E-state index in [0.717, 1.165) is 23.5 Å². The highest BCUT2D eigenvalue weighted by molar-refractivity contribution is 7.93. The molecule has 0 aliphatic rings. The molecular weight excluding hydrogens is 427 g/mol. The number of thiophene rings is 1. The van der Waals surface area contributed by atoms with Crippen LogP contribution in [0, 0.1) is 25.5 Å². The van der Waals surface area contributed by atoms with E-state index in [9.17, 15) is 30.4 Å². The average molecular weight is 438 g/mol. The molecule has 0 bridgehead atoms. The van der Waals surface area contributed by atoms with Crippen molar-refractivity contribution in [3.63, 3.8) is 0 Å². The zero-order chi connectivity index (χ0) is 20.9. The first-order valence-corrected chi connectivity index (χ1v) is 9.82. The monoisotopic (exact) mass is 438 g/mol. The fourth-order valence-electron chi connectivity index (χ4n) is 2.58. The summed E-state index contributed by atoms with van der Waals surface area (Å²) in [5, 5.41) is 3.34. The van der Waals surface area contributed by atoms with Gasteiger partial charge in [0.1, 0.15) is 10.6 Å². The van der Waals surface area contributed by atoms with E-state index in [1.807, 2.05) is 0 Å². The second-order valence-corrected chi connectivity index (χ2v) is 8.78. The predicted molar refractivity (Wildman–Crippen MR) is 91.5 cm³/mol. The minimum absolute atomic E-state index is 0.0585. The third-order valence-corrected chi connectivity index (χ3v) is 6.39. The molecule has 3 aromatic rings. The van der Waals surface area contributed by atoms with Crippen LogP contribution in [0.1, 0.15) is 15.5 Å². The fraction of sp³-hybridized carbons (Fsp3) is 0.188. The van der Waals surface area contributed by atoms with Crippen molar-refractivity contribution in [2.75, 3.05) is 4.72 Å². The Hall–Kier alpha value is -2.47. The van der Waals surface area contributed by atoms with Gasteiger partial charge in [-0.3, -0.25) is 4.72 Å². The molecule has 2 aromatic heterocycles. The molecule has 28 heavy (non-hydrogen) atoms. The first kappa shape index (κ1) is 20.3. The number of aromatic nitrogens is 1. The lowest BCUT2D eigenvalue weighted by Gasteiger charge is -2.10. The number of rotatable bonds is 4. The van der Waals surface area contributed by atoms with Gasteiger partial charge in [0.25, 0.3) is 10.0 Å². The standard InChI is InChI=1S/C16H11F5N2O3S2/c1-7-14(12-6-13(26-22-12)16(19,20)21)15(8(2)27-7)28(24,25)23-9-3-4-10(17)11(18)5-9/h3-6,23H,1-2H3. The minimum Gasteiger partial charge on any atom is -0.351 e. The summed E-state index contributed by atoms with van der Waals surface area (Å²) in [5.41, 5.74) is -0.610. The zero-order valence-electron chi connectivity index (χ0n) is 14.2. The average Bonchev–Trinajstić information content (AvgIpc) is 3.14. The molecule has 150 valence electrons. The van der Waals surface area contributed by atoms with E-state index in [4.69, 9.17) is 0 Å². The van der Waals surface area contributed by atoms with Gasteiger partial charge in [-0.25, -0.2) is 17.2 Å². The van der Waals surface area contributed by atoms with Crippen molar-refractivity contribution >= 4 is 27.0 Å². The SMILES string of the molecule is Cc1sc(C)c(S(=O)(=O)Nc2ccc(F)c(F)c2)c1-c1cc(C(F)(F)F)on1. The Bertz CT molecular complexity index is 1150. The van der Waals surface area contributed by atoms with Crippen molar-refractivity contribution in [2.45, 2.75) is 24.9 Å². The number of benzene rings is 1. The van der Waals surface area contributed by atoms with Crippen molar-refractivity contribution in [1.29, 1.82) is 0 Å². The second-order valence-electron chi connectivity index (χ2n) is 5.73. The maximum absolute atomic E-state index is 13.4. The molecule has 3 rings (SSSR count). The predicted octanol–water partition coefficient (Wildman–Crippen LogP) is 5.12. The van der Waals surface area contributed by atoms with Crippen molar-refractivity contribution < 1.29 is 34.9 Å². The van der Waals surface area contributed by atoms with Crippen LogP contribution >= 0.6 is 11.3 Å². The number of sulfonamides is 1. The maximum atomic E-state index is 13.4. The lowest BCUT2D eigenvalue weighted by atomic mass is 10.1. The molecule has 5 nitrogen and oxygen atoms in total. The van der Waals surface area contributed by atoms with Gasteiger partial charge < -0.3 is 4.52 Å². The molecule has 1 N–H and O–H groups in total. The maximum Gasteiger partial charge on any atom is 0.452 e. The molecule has 0 radical (unpaired) electrons. The first-order chi connectivity index (χ1) is 12.9. The third-order valence-electron chi connectivity index (χ3n) is 3.69. The van der Waals surface area contributed by atoms with Crippen LogP contribution in [0.25, 0.3) is 11.3 Å². The van der Waals surface area contributed by atoms with Gasteiger partial charge in [-0.05, 0) is 26.0 Å². The van der Waals surface area contributed by atoms with Crippen molar-refractivity contribution in [3.05, 3.63) is 51.4 Å². The van der Waals surface area contributed by atoms with Gasteiger partial charge in [0.15, 0.2) is 11.6 Å². The highest BCUT2D eigenvalue weighted by atomic mass is 32.2. The van der Waals surface area contributed by atoms with Crippen LogP contribution in [-0.4, -0.2) is 13.6 Å². The van der Waals surface area contributed by atoms with Gasteiger partial charge in [-0.2, -0.15) is 13.2 Å². The van der Waals surface area contributed by atoms with E-state index in [0.29, 0.717) is 17.0 Å². The van der Waals surface area contributed by atoms with Gasteiger partial charge in [0, 0.05) is 27.5 Å². The summed E-state index contributed by atoms with van der Waals surface area (Å²) in [6.07, 6.45) is -4.78. The topological polar surface area (TPSA) is 72.2 Å². The third kappa shape index (κ3) is 3.74. The highest BCUT2D eigenvalue weighted by Crippen LogP contribution is 2.41. The molecule has 1 aromatic carbocycles. The van der Waals surface area contributed by atoms with Crippen LogP contribution in [-0.2, 0) is 16.2 Å². The Morgan fingerprint density at radius 2 is 1.75 bits per heavy atom. The van der Waals surface area contributed by atoms with E-state index in [1.54, 1.807) is 0 Å². The number of halogens is 5. The number of hydrogen-bond donors (Lipinski definition) is 1. The summed E-state index contributed by atoms with van der Waals surface area (Å²) in [5.74, 6) is -3.79. The molecule has 0 saturated heterocycles. The molecular formula is C16H11F5N2O3S2. The van der Waals surface area contributed by atoms with Crippen molar-refractivity contribution in [2.24, 2.45) is 0 Å². The Morgan fingerprint density at radius 3 is 2.32 bits per heavy atom. The van der Waals surface area contributed by atoms with Gasteiger partial charge in [-0.1, -0.05) is 5.16 Å². The molecule has 0 saturated carbocycles. The van der Waals surface area contributed by atoms with E-state index >= 15 is 0 Å². The molecule has 12 heteroatoms. The molecule has 0 aliphatic carbocycles. The van der Waals surface area contributed by atoms with E-state index in [1.165, 1.54) is 13.8 Å². The number of nitrogens with one attached hydrogen (secondary N) is 1. The summed E-state index contributed by atoms with van der Waals surface area (Å²) in [4.78, 5) is 0.353. The summed E-state index contributed by atoms with van der Waals surface area (Å²) < 4.78 is 96.8. The van der Waals surface area contributed by atoms with Crippen LogP contribution in [0.3, 0.4) is 0 Å². The summed E-state index contributed by atoms with van der Waals surface area (Å²) in [7, 11) is -4.35. The van der Waals surface area contributed by atoms with Gasteiger partial charge >= 0.3 is 6.18 Å². The molecule has 0 spiro atoms. The first-order valence-electron chi connectivity index (χ1n) is 7.52. The molecule has 0 amide bonds. The Kier molecular flexibility index (Phi) is 4.96. The zero-order valence-corrected chi connectivity index (χ0v) is 15.8. The normalized spacial score (nSPS) is 12.4. The Balaban J connectivity index is 2.09. The highest BCUT2D eigenvalue weighted by Gasteiger charge is 2.37. The number of aryl methyl sites for hydroxylation is 2. The number of anilines is 1. The lowest BCUT2D eigenvalue weighted by Crippen LogP contribution is -2.14. The van der Waals surface area contributed by atoms with E-state index in [-0.39, 0.29) is 26.7 Å². The quantitative estimate of drug-likeness (QED) is 0.574. The number of nitrogens with zero attached hydrogens (tertiary/aromatic N) is 1. The van der Waals surface area contributed by atoms with E-state index < -0.39 is 33.6 Å². The molecule has 0 atom stereocenters. The smallest absolute Gasteiger partial charge is 0.351 e. The van der Waals surface area contributed by atoms with Gasteiger partial charge in [0.2, 0.25) is 5.76 Å². The van der Waals surface area contributed by atoms with Crippen LogP contribution < -0.4 is 4.72 Å². The van der Waals surface area contributed by atoms with E-state index in [2.05, 4.69) is 14.4 Å². The van der Waals surface area contributed by atoms with Crippen LogP contribution in [0.2, 0.25) is 0 Å². The summed E-state index contributed by atoms with van der Waals surface area (Å²) >= 11 is 1.03. The molecule has 0 unspecified atom stereocenters. The molecule has 0 aliphatic heterocycles. The van der Waals surface area contributed by atoms with Gasteiger partial charge in [0.05, 0.1) is 5.69 Å². The Morgan fingerprint density at radius 1 is 1.07 bits per heavy atom. The fourth-order valence-corrected chi connectivity index (χ4v) is 5.50. The van der Waals surface area contributed by atoms with Crippen molar-refractivity contribution in [1.82, 2.24) is 5.16 Å². The number of alkyl halides is 3. The largest absolute Gasteiger partial charge is 0.452 e. The second kappa shape index (κ2) is 6.85. The minimum atomic E-state index is -4.78. The van der Waals surface area contributed by atoms with Crippen molar-refractivity contribution in [3.8, 4) is 11.3 Å². The Labute approximate surface area is 159 Å².